The van der Waals surface area contributed by atoms with Gasteiger partial charge < -0.3 is 4.74 Å². The zero-order valence-corrected chi connectivity index (χ0v) is 7.19. The summed E-state index contributed by atoms with van der Waals surface area (Å²) in [5.41, 5.74) is 0. The van der Waals surface area contributed by atoms with Crippen molar-refractivity contribution >= 4 is 11.8 Å². The summed E-state index contributed by atoms with van der Waals surface area (Å²) >= 11 is 1.93. The molecule has 1 heterocycles. The highest BCUT2D eigenvalue weighted by atomic mass is 32.2. The maximum Gasteiger partial charge on any atom is 0.0476 e. The van der Waals surface area contributed by atoms with E-state index in [0.29, 0.717) is 0 Å². The van der Waals surface area contributed by atoms with Crippen LogP contribution in [0.25, 0.3) is 0 Å². The van der Waals surface area contributed by atoms with Crippen LogP contribution in [0.4, 0.5) is 0 Å². The standard InChI is InChI=1S/C8H14OS/c1-2-9-6-5-8-4-3-7-10-8/h3,7-8H,2,4-6H2,1H3. The largest absolute Gasteiger partial charge is 0.382 e. The Hall–Kier alpha value is 0.0500. The van der Waals surface area contributed by atoms with E-state index >= 15 is 0 Å². The highest BCUT2D eigenvalue weighted by Gasteiger charge is 2.09. The maximum absolute atomic E-state index is 5.25. The third kappa shape index (κ3) is 2.76. The van der Waals surface area contributed by atoms with Gasteiger partial charge in [0.25, 0.3) is 0 Å². The summed E-state index contributed by atoms with van der Waals surface area (Å²) in [5, 5.41) is 2.99. The number of ether oxygens (including phenoxy) is 1. The van der Waals surface area contributed by atoms with E-state index in [4.69, 9.17) is 4.74 Å². The van der Waals surface area contributed by atoms with E-state index in [1.807, 2.05) is 18.7 Å². The minimum Gasteiger partial charge on any atom is -0.382 e. The summed E-state index contributed by atoms with van der Waals surface area (Å²) in [5.74, 6) is 0. The van der Waals surface area contributed by atoms with Crippen LogP contribution in [0.15, 0.2) is 11.5 Å². The van der Waals surface area contributed by atoms with Gasteiger partial charge in [-0.05, 0) is 25.2 Å². The first-order valence-corrected chi connectivity index (χ1v) is 4.76. The minimum absolute atomic E-state index is 0.798. The molecular weight excluding hydrogens is 144 g/mol. The highest BCUT2D eigenvalue weighted by Crippen LogP contribution is 2.26. The Labute approximate surface area is 66.8 Å². The summed E-state index contributed by atoms with van der Waals surface area (Å²) in [6.45, 7) is 3.82. The van der Waals surface area contributed by atoms with Crippen LogP contribution in [0, 0.1) is 0 Å². The summed E-state index contributed by atoms with van der Waals surface area (Å²) < 4.78 is 5.25. The number of allylic oxidation sites excluding steroid dienone is 1. The molecule has 0 aromatic heterocycles. The van der Waals surface area contributed by atoms with Crippen molar-refractivity contribution in [2.75, 3.05) is 13.2 Å². The van der Waals surface area contributed by atoms with E-state index < -0.39 is 0 Å². The molecule has 0 N–H and O–H groups in total. The van der Waals surface area contributed by atoms with Crippen molar-refractivity contribution in [3.8, 4) is 0 Å². The lowest BCUT2D eigenvalue weighted by Crippen LogP contribution is -2.03. The van der Waals surface area contributed by atoms with Crippen molar-refractivity contribution in [3.63, 3.8) is 0 Å². The zero-order valence-electron chi connectivity index (χ0n) is 6.38. The molecule has 0 saturated carbocycles. The first-order valence-electron chi connectivity index (χ1n) is 3.81. The summed E-state index contributed by atoms with van der Waals surface area (Å²) in [4.78, 5) is 0. The summed E-state index contributed by atoms with van der Waals surface area (Å²) in [7, 11) is 0. The second kappa shape index (κ2) is 4.80. The van der Waals surface area contributed by atoms with Crippen molar-refractivity contribution in [1.82, 2.24) is 0 Å². The van der Waals surface area contributed by atoms with E-state index in [-0.39, 0.29) is 0 Å². The molecule has 2 heteroatoms. The molecule has 10 heavy (non-hydrogen) atoms. The van der Waals surface area contributed by atoms with Crippen LogP contribution < -0.4 is 0 Å². The Kier molecular flexibility index (Phi) is 3.91. The second-order valence-corrected chi connectivity index (χ2v) is 3.56. The van der Waals surface area contributed by atoms with Crippen molar-refractivity contribution in [2.24, 2.45) is 0 Å². The van der Waals surface area contributed by atoms with Crippen LogP contribution in [-0.4, -0.2) is 18.5 Å². The van der Waals surface area contributed by atoms with Gasteiger partial charge in [-0.15, -0.1) is 11.8 Å². The fraction of sp³-hybridized carbons (Fsp3) is 0.750. The normalized spacial score (nSPS) is 23.9. The maximum atomic E-state index is 5.25. The topological polar surface area (TPSA) is 9.23 Å². The Morgan fingerprint density at radius 1 is 1.70 bits per heavy atom. The Morgan fingerprint density at radius 3 is 3.20 bits per heavy atom. The fourth-order valence-electron chi connectivity index (χ4n) is 0.975. The molecule has 1 aliphatic heterocycles. The molecule has 0 spiro atoms. The fourth-order valence-corrected chi connectivity index (χ4v) is 1.87. The van der Waals surface area contributed by atoms with Crippen LogP contribution >= 0.6 is 11.8 Å². The highest BCUT2D eigenvalue weighted by molar-refractivity contribution is 8.03. The molecule has 0 radical (unpaired) electrons. The van der Waals surface area contributed by atoms with Crippen LogP contribution in [-0.2, 0) is 4.74 Å². The predicted molar refractivity (Wildman–Crippen MR) is 46.2 cm³/mol. The zero-order chi connectivity index (χ0) is 7.23. The van der Waals surface area contributed by atoms with E-state index in [2.05, 4.69) is 11.5 Å². The van der Waals surface area contributed by atoms with E-state index in [9.17, 15) is 0 Å². The van der Waals surface area contributed by atoms with E-state index in [0.717, 1.165) is 18.5 Å². The monoisotopic (exact) mass is 158 g/mol. The van der Waals surface area contributed by atoms with Crippen molar-refractivity contribution < 1.29 is 4.74 Å². The SMILES string of the molecule is CCOCCC1CC=CS1. The molecular formula is C8H14OS. The smallest absolute Gasteiger partial charge is 0.0476 e. The lowest BCUT2D eigenvalue weighted by Gasteiger charge is -2.06. The predicted octanol–water partition coefficient (Wildman–Crippen LogP) is 2.43. The van der Waals surface area contributed by atoms with Gasteiger partial charge in [0.15, 0.2) is 0 Å². The van der Waals surface area contributed by atoms with Gasteiger partial charge in [0.1, 0.15) is 0 Å². The van der Waals surface area contributed by atoms with Crippen LogP contribution in [0.1, 0.15) is 19.8 Å². The van der Waals surface area contributed by atoms with Gasteiger partial charge in [-0.3, -0.25) is 0 Å². The van der Waals surface area contributed by atoms with Gasteiger partial charge in [0.2, 0.25) is 0 Å². The molecule has 0 amide bonds. The molecule has 1 nitrogen and oxygen atoms in total. The lowest BCUT2D eigenvalue weighted by molar-refractivity contribution is 0.145. The van der Waals surface area contributed by atoms with Crippen LogP contribution in [0.5, 0.6) is 0 Å². The first-order chi connectivity index (χ1) is 4.93. The number of hydrogen-bond acceptors (Lipinski definition) is 2. The van der Waals surface area contributed by atoms with Gasteiger partial charge in [-0.1, -0.05) is 6.08 Å². The van der Waals surface area contributed by atoms with Crippen molar-refractivity contribution in [1.29, 1.82) is 0 Å². The van der Waals surface area contributed by atoms with Gasteiger partial charge in [-0.2, -0.15) is 0 Å². The molecule has 0 bridgehead atoms. The number of thioether (sulfide) groups is 1. The number of rotatable bonds is 4. The average molecular weight is 158 g/mol. The molecule has 58 valence electrons. The average Bonchev–Trinajstić information content (AvgIpc) is 2.41. The van der Waals surface area contributed by atoms with Gasteiger partial charge in [0.05, 0.1) is 0 Å². The third-order valence-electron chi connectivity index (χ3n) is 1.55. The summed E-state index contributed by atoms with van der Waals surface area (Å²) in [6.07, 6.45) is 4.67. The molecule has 0 fully saturated rings. The van der Waals surface area contributed by atoms with Crippen molar-refractivity contribution in [2.45, 2.75) is 25.0 Å². The molecule has 0 saturated heterocycles. The van der Waals surface area contributed by atoms with Crippen molar-refractivity contribution in [3.05, 3.63) is 11.5 Å². The van der Waals surface area contributed by atoms with E-state index in [1.165, 1.54) is 12.8 Å². The lowest BCUT2D eigenvalue weighted by atomic mass is 10.2. The minimum atomic E-state index is 0.798. The quantitative estimate of drug-likeness (QED) is 0.581. The Morgan fingerprint density at radius 2 is 2.60 bits per heavy atom. The number of hydrogen-bond donors (Lipinski definition) is 0. The van der Waals surface area contributed by atoms with Gasteiger partial charge in [-0.25, -0.2) is 0 Å². The van der Waals surface area contributed by atoms with Gasteiger partial charge in [0, 0.05) is 18.5 Å². The molecule has 1 atom stereocenters. The second-order valence-electron chi connectivity index (χ2n) is 2.35. The molecule has 0 aromatic rings. The van der Waals surface area contributed by atoms with E-state index in [1.54, 1.807) is 0 Å². The van der Waals surface area contributed by atoms with Crippen LogP contribution in [0.3, 0.4) is 0 Å². The molecule has 1 aliphatic rings. The van der Waals surface area contributed by atoms with Gasteiger partial charge >= 0.3 is 0 Å². The molecule has 1 unspecified atom stereocenters. The molecule has 1 rings (SSSR count). The first kappa shape index (κ1) is 8.15. The Balaban J connectivity index is 1.93. The molecule has 0 aliphatic carbocycles. The molecule has 0 aromatic carbocycles. The Bertz CT molecular complexity index is 104. The van der Waals surface area contributed by atoms with Crippen LogP contribution in [0.2, 0.25) is 0 Å². The summed E-state index contributed by atoms with van der Waals surface area (Å²) in [6, 6.07) is 0. The third-order valence-corrected chi connectivity index (χ3v) is 2.72.